The molecule has 3 rings (SSSR count). The minimum Gasteiger partial charge on any atom is -0.326 e. The standard InChI is InChI=1S/C18H13ClF4N4O3S/c19-14-3-1-2-13(18(21,22)23)12(14)7-17(28)26-11-4-5-15(16(6-11)31(24,29)30)27-9-10(20)8-25-27/h1-6,8-9H,7H2,(H,26,28)(H2,24,29,30). The van der Waals surface area contributed by atoms with Crippen molar-refractivity contribution in [2.75, 3.05) is 5.32 Å². The zero-order valence-corrected chi connectivity index (χ0v) is 16.9. The zero-order valence-electron chi connectivity index (χ0n) is 15.3. The van der Waals surface area contributed by atoms with Crippen LogP contribution in [0.5, 0.6) is 0 Å². The summed E-state index contributed by atoms with van der Waals surface area (Å²) >= 11 is 5.84. The lowest BCUT2D eigenvalue weighted by Gasteiger charge is -2.15. The van der Waals surface area contributed by atoms with E-state index in [9.17, 15) is 30.8 Å². The first-order valence-electron chi connectivity index (χ1n) is 8.38. The summed E-state index contributed by atoms with van der Waals surface area (Å²) < 4.78 is 77.6. The first-order valence-corrected chi connectivity index (χ1v) is 10.3. The number of halogens is 5. The minimum absolute atomic E-state index is 0.0639. The lowest BCUT2D eigenvalue weighted by Crippen LogP contribution is -2.20. The van der Waals surface area contributed by atoms with Crippen LogP contribution in [0, 0.1) is 5.82 Å². The van der Waals surface area contributed by atoms with Crippen molar-refractivity contribution in [2.45, 2.75) is 17.5 Å². The van der Waals surface area contributed by atoms with Crippen molar-refractivity contribution >= 4 is 33.2 Å². The monoisotopic (exact) mass is 476 g/mol. The number of alkyl halides is 3. The van der Waals surface area contributed by atoms with Crippen LogP contribution in [0.4, 0.5) is 23.2 Å². The van der Waals surface area contributed by atoms with Crippen molar-refractivity contribution in [3.8, 4) is 5.69 Å². The number of sulfonamides is 1. The fraction of sp³-hybridized carbons (Fsp3) is 0.111. The normalized spacial score (nSPS) is 12.1. The van der Waals surface area contributed by atoms with Gasteiger partial charge in [0.2, 0.25) is 15.9 Å². The van der Waals surface area contributed by atoms with Gasteiger partial charge in [-0.25, -0.2) is 22.6 Å². The number of aromatic nitrogens is 2. The molecular formula is C18H13ClF4N4O3S. The average molecular weight is 477 g/mol. The van der Waals surface area contributed by atoms with Gasteiger partial charge >= 0.3 is 6.18 Å². The molecule has 0 radical (unpaired) electrons. The van der Waals surface area contributed by atoms with Gasteiger partial charge in [0, 0.05) is 10.7 Å². The van der Waals surface area contributed by atoms with Gasteiger partial charge < -0.3 is 5.32 Å². The molecule has 0 aliphatic rings. The van der Waals surface area contributed by atoms with Gasteiger partial charge in [0.1, 0.15) is 4.90 Å². The first kappa shape index (κ1) is 22.7. The van der Waals surface area contributed by atoms with E-state index in [0.29, 0.717) is 0 Å². The highest BCUT2D eigenvalue weighted by Crippen LogP contribution is 2.35. The van der Waals surface area contributed by atoms with Gasteiger partial charge in [0.25, 0.3) is 0 Å². The quantitative estimate of drug-likeness (QED) is 0.549. The zero-order chi connectivity index (χ0) is 23.0. The molecule has 0 fully saturated rings. The van der Waals surface area contributed by atoms with Crippen molar-refractivity contribution in [2.24, 2.45) is 5.14 Å². The fourth-order valence-corrected chi connectivity index (χ4v) is 3.80. The maximum absolute atomic E-state index is 13.2. The summed E-state index contributed by atoms with van der Waals surface area (Å²) in [5, 5.41) is 10.9. The fourth-order valence-electron chi connectivity index (χ4n) is 2.81. The number of benzene rings is 2. The molecule has 164 valence electrons. The van der Waals surface area contributed by atoms with Crippen molar-refractivity contribution in [1.29, 1.82) is 0 Å². The molecule has 3 aromatic rings. The Morgan fingerprint density at radius 3 is 2.52 bits per heavy atom. The van der Waals surface area contributed by atoms with E-state index < -0.39 is 50.4 Å². The number of carbonyl (C=O) groups excluding carboxylic acids is 1. The Morgan fingerprint density at radius 2 is 1.94 bits per heavy atom. The highest BCUT2D eigenvalue weighted by molar-refractivity contribution is 7.89. The van der Waals surface area contributed by atoms with Gasteiger partial charge in [-0.05, 0) is 35.9 Å². The Balaban J connectivity index is 1.91. The van der Waals surface area contributed by atoms with Crippen LogP contribution in [-0.2, 0) is 27.4 Å². The minimum atomic E-state index is -4.72. The van der Waals surface area contributed by atoms with Crippen LogP contribution in [-0.4, -0.2) is 24.1 Å². The van der Waals surface area contributed by atoms with E-state index in [1.165, 1.54) is 18.2 Å². The van der Waals surface area contributed by atoms with E-state index in [-0.39, 0.29) is 16.4 Å². The van der Waals surface area contributed by atoms with E-state index in [0.717, 1.165) is 35.3 Å². The number of anilines is 1. The molecule has 0 saturated heterocycles. The maximum atomic E-state index is 13.2. The van der Waals surface area contributed by atoms with E-state index in [2.05, 4.69) is 10.4 Å². The summed E-state index contributed by atoms with van der Waals surface area (Å²) in [4.78, 5) is 11.9. The molecular weight excluding hydrogens is 464 g/mol. The number of nitrogens with zero attached hydrogens (tertiary/aromatic N) is 2. The second kappa shape index (κ2) is 8.29. The van der Waals surface area contributed by atoms with Crippen molar-refractivity contribution in [3.05, 3.63) is 70.8 Å². The van der Waals surface area contributed by atoms with Crippen molar-refractivity contribution in [3.63, 3.8) is 0 Å². The number of rotatable bonds is 5. The molecule has 31 heavy (non-hydrogen) atoms. The number of hydrogen-bond acceptors (Lipinski definition) is 4. The number of nitrogens with one attached hydrogen (secondary N) is 1. The van der Waals surface area contributed by atoms with Crippen LogP contribution >= 0.6 is 11.6 Å². The van der Waals surface area contributed by atoms with Gasteiger partial charge in [-0.15, -0.1) is 0 Å². The van der Waals surface area contributed by atoms with E-state index in [4.69, 9.17) is 16.7 Å². The molecule has 0 atom stereocenters. The van der Waals surface area contributed by atoms with E-state index >= 15 is 0 Å². The largest absolute Gasteiger partial charge is 0.416 e. The first-order chi connectivity index (χ1) is 14.4. The summed E-state index contributed by atoms with van der Waals surface area (Å²) in [6.07, 6.45) is -3.67. The third-order valence-electron chi connectivity index (χ3n) is 4.11. The van der Waals surface area contributed by atoms with Crippen LogP contribution in [0.15, 0.2) is 53.7 Å². The predicted molar refractivity (Wildman–Crippen MR) is 104 cm³/mol. The third-order valence-corrected chi connectivity index (χ3v) is 5.40. The van der Waals surface area contributed by atoms with E-state index in [1.54, 1.807) is 0 Å². The molecule has 1 amide bonds. The van der Waals surface area contributed by atoms with Gasteiger partial charge in [-0.1, -0.05) is 17.7 Å². The molecule has 2 aromatic carbocycles. The van der Waals surface area contributed by atoms with Gasteiger partial charge in [-0.3, -0.25) is 4.79 Å². The number of hydrogen-bond donors (Lipinski definition) is 2. The Kier molecular flexibility index (Phi) is 6.07. The van der Waals surface area contributed by atoms with Crippen LogP contribution in [0.1, 0.15) is 11.1 Å². The van der Waals surface area contributed by atoms with Gasteiger partial charge in [0.15, 0.2) is 5.82 Å². The summed E-state index contributed by atoms with van der Waals surface area (Å²) in [6.45, 7) is 0. The highest BCUT2D eigenvalue weighted by atomic mass is 35.5. The second-order valence-electron chi connectivity index (χ2n) is 6.32. The molecule has 3 N–H and O–H groups in total. The lowest BCUT2D eigenvalue weighted by molar-refractivity contribution is -0.138. The molecule has 0 spiro atoms. The number of nitrogens with two attached hydrogens (primary N) is 1. The van der Waals surface area contributed by atoms with Crippen LogP contribution in [0.3, 0.4) is 0 Å². The molecule has 1 heterocycles. The SMILES string of the molecule is NS(=O)(=O)c1cc(NC(=O)Cc2c(Cl)cccc2C(F)(F)F)ccc1-n1cc(F)cn1. The lowest BCUT2D eigenvalue weighted by atomic mass is 10.0. The number of primary sulfonamides is 1. The molecule has 13 heteroatoms. The Hall–Kier alpha value is -2.96. The summed E-state index contributed by atoms with van der Waals surface area (Å²) in [5.74, 6) is -1.60. The summed E-state index contributed by atoms with van der Waals surface area (Å²) in [6, 6.07) is 6.58. The summed E-state index contributed by atoms with van der Waals surface area (Å²) in [5.41, 5.74) is -1.64. The van der Waals surface area contributed by atoms with Crippen molar-refractivity contribution in [1.82, 2.24) is 9.78 Å². The highest BCUT2D eigenvalue weighted by Gasteiger charge is 2.34. The predicted octanol–water partition coefficient (Wildman–Crippen LogP) is 3.51. The van der Waals surface area contributed by atoms with Crippen LogP contribution in [0.25, 0.3) is 5.69 Å². The number of carbonyl (C=O) groups is 1. The number of amides is 1. The van der Waals surface area contributed by atoms with Gasteiger partial charge in [-0.2, -0.15) is 18.3 Å². The molecule has 1 aromatic heterocycles. The molecule has 0 saturated carbocycles. The summed E-state index contributed by atoms with van der Waals surface area (Å²) in [7, 11) is -4.33. The average Bonchev–Trinajstić information content (AvgIpc) is 3.08. The molecule has 0 unspecified atom stereocenters. The smallest absolute Gasteiger partial charge is 0.326 e. The Morgan fingerprint density at radius 1 is 1.23 bits per heavy atom. The van der Waals surface area contributed by atoms with E-state index in [1.807, 2.05) is 0 Å². The Bertz CT molecular complexity index is 1260. The van der Waals surface area contributed by atoms with Gasteiger partial charge in [0.05, 0.1) is 30.1 Å². The molecule has 7 nitrogen and oxygen atoms in total. The topological polar surface area (TPSA) is 107 Å². The molecule has 0 bridgehead atoms. The van der Waals surface area contributed by atoms with Crippen LogP contribution < -0.4 is 10.5 Å². The Labute approximate surface area is 178 Å². The second-order valence-corrected chi connectivity index (χ2v) is 8.26. The molecule has 0 aliphatic carbocycles. The van der Waals surface area contributed by atoms with Crippen molar-refractivity contribution < 1.29 is 30.8 Å². The third kappa shape index (κ3) is 5.21. The maximum Gasteiger partial charge on any atom is 0.416 e. The van der Waals surface area contributed by atoms with Crippen LogP contribution in [0.2, 0.25) is 5.02 Å². The molecule has 0 aliphatic heterocycles.